The normalized spacial score (nSPS) is 11.6. The highest BCUT2D eigenvalue weighted by Gasteiger charge is 2.22. The molecule has 0 unspecified atom stereocenters. The minimum absolute atomic E-state index is 0.267. The predicted molar refractivity (Wildman–Crippen MR) is 119 cm³/mol. The average molecular weight is 381 g/mol. The molecule has 0 aliphatic heterocycles. The highest BCUT2D eigenvalue weighted by molar-refractivity contribution is 5.87. The van der Waals surface area contributed by atoms with Gasteiger partial charge in [-0.1, -0.05) is 110 Å². The van der Waals surface area contributed by atoms with Crippen LogP contribution in [0.4, 0.5) is 0 Å². The monoisotopic (exact) mass is 380 g/mol. The van der Waals surface area contributed by atoms with Crippen LogP contribution >= 0.6 is 0 Å². The van der Waals surface area contributed by atoms with Gasteiger partial charge in [-0.2, -0.15) is 0 Å². The van der Waals surface area contributed by atoms with Gasteiger partial charge in [0, 0.05) is 5.57 Å². The Hall–Kier alpha value is -0.790. The van der Waals surface area contributed by atoms with Crippen molar-refractivity contribution in [1.29, 1.82) is 0 Å². The van der Waals surface area contributed by atoms with E-state index >= 15 is 0 Å². The van der Waals surface area contributed by atoms with E-state index in [0.29, 0.717) is 5.57 Å². The first-order valence-electron chi connectivity index (χ1n) is 11.8. The smallest absolute Gasteiger partial charge is 0.333 e. The number of hydrogen-bond donors (Lipinski definition) is 0. The fourth-order valence-corrected chi connectivity index (χ4v) is 3.49. The van der Waals surface area contributed by atoms with E-state index in [1.807, 2.05) is 13.8 Å². The number of hydrogen-bond acceptors (Lipinski definition) is 2. The van der Waals surface area contributed by atoms with Gasteiger partial charge in [-0.15, -0.1) is 0 Å². The Morgan fingerprint density at radius 1 is 0.704 bits per heavy atom. The number of esters is 1. The summed E-state index contributed by atoms with van der Waals surface area (Å²) >= 11 is 0. The van der Waals surface area contributed by atoms with Crippen LogP contribution in [0.25, 0.3) is 0 Å². The Morgan fingerprint density at radius 3 is 1.37 bits per heavy atom. The number of carbonyl (C=O) groups excluding carboxylic acids is 1. The van der Waals surface area contributed by atoms with E-state index in [9.17, 15) is 4.79 Å². The van der Waals surface area contributed by atoms with Crippen LogP contribution < -0.4 is 0 Å². The van der Waals surface area contributed by atoms with E-state index in [1.54, 1.807) is 6.92 Å². The maximum atomic E-state index is 11.6. The van der Waals surface area contributed by atoms with Crippen molar-refractivity contribution in [2.75, 3.05) is 0 Å². The number of unbranched alkanes of at least 4 members (excludes halogenated alkanes) is 15. The van der Waals surface area contributed by atoms with Crippen LogP contribution in [0.3, 0.4) is 0 Å². The second kappa shape index (κ2) is 17.3. The zero-order valence-electron chi connectivity index (χ0n) is 19.0. The molecule has 0 spiro atoms. The highest BCUT2D eigenvalue weighted by Crippen LogP contribution is 2.21. The first-order valence-corrected chi connectivity index (χ1v) is 11.8. The maximum Gasteiger partial charge on any atom is 0.333 e. The summed E-state index contributed by atoms with van der Waals surface area (Å²) in [7, 11) is 0. The summed E-state index contributed by atoms with van der Waals surface area (Å²) in [6.07, 6.45) is 23.0. The van der Waals surface area contributed by atoms with Crippen molar-refractivity contribution in [2.45, 2.75) is 142 Å². The van der Waals surface area contributed by atoms with Crippen LogP contribution in [0.5, 0.6) is 0 Å². The number of carbonyl (C=O) groups is 1. The molecule has 0 aliphatic rings. The molecule has 160 valence electrons. The molecule has 0 saturated carbocycles. The molecule has 0 heterocycles. The SMILES string of the molecule is C=C(C)C(=O)OC(C)(C)CCCCCCCCCCCCCCCCCC. The first kappa shape index (κ1) is 26.2. The molecule has 0 saturated heterocycles. The highest BCUT2D eigenvalue weighted by atomic mass is 16.6. The van der Waals surface area contributed by atoms with Crippen molar-refractivity contribution in [1.82, 2.24) is 0 Å². The standard InChI is InChI=1S/C25H48O2/c1-6-7-8-9-10-11-12-13-14-15-16-17-18-19-20-21-22-25(4,5)27-24(26)23(2)3/h2,6-22H2,1,3-5H3. The van der Waals surface area contributed by atoms with Gasteiger partial charge in [0.05, 0.1) is 0 Å². The van der Waals surface area contributed by atoms with Crippen molar-refractivity contribution in [3.05, 3.63) is 12.2 Å². The summed E-state index contributed by atoms with van der Waals surface area (Å²) in [6.45, 7) is 11.6. The van der Waals surface area contributed by atoms with E-state index < -0.39 is 0 Å². The lowest BCUT2D eigenvalue weighted by molar-refractivity contribution is -0.152. The molecule has 0 aromatic heterocycles. The minimum Gasteiger partial charge on any atom is -0.456 e. The van der Waals surface area contributed by atoms with E-state index in [2.05, 4.69) is 13.5 Å². The van der Waals surface area contributed by atoms with Crippen LogP contribution in [0, 0.1) is 0 Å². The molecular weight excluding hydrogens is 332 g/mol. The molecule has 0 bridgehead atoms. The Bertz CT molecular complexity index is 371. The summed E-state index contributed by atoms with van der Waals surface area (Å²) in [6, 6.07) is 0. The van der Waals surface area contributed by atoms with E-state index in [1.165, 1.54) is 96.3 Å². The first-order chi connectivity index (χ1) is 12.9. The lowest BCUT2D eigenvalue weighted by Crippen LogP contribution is -2.28. The minimum atomic E-state index is -0.369. The quantitative estimate of drug-likeness (QED) is 0.127. The molecule has 27 heavy (non-hydrogen) atoms. The zero-order valence-corrected chi connectivity index (χ0v) is 19.0. The molecule has 0 aliphatic carbocycles. The summed E-state index contributed by atoms with van der Waals surface area (Å²) in [5, 5.41) is 0. The molecule has 0 N–H and O–H groups in total. The summed E-state index contributed by atoms with van der Waals surface area (Å²) in [5.41, 5.74) is 0.113. The van der Waals surface area contributed by atoms with Crippen molar-refractivity contribution in [3.8, 4) is 0 Å². The maximum absolute atomic E-state index is 11.6. The lowest BCUT2D eigenvalue weighted by Gasteiger charge is -2.25. The van der Waals surface area contributed by atoms with Crippen LogP contribution in [0.1, 0.15) is 137 Å². The zero-order chi connectivity index (χ0) is 20.4. The van der Waals surface area contributed by atoms with Crippen LogP contribution in [0.15, 0.2) is 12.2 Å². The lowest BCUT2D eigenvalue weighted by atomic mass is 9.98. The third-order valence-corrected chi connectivity index (χ3v) is 5.35. The third-order valence-electron chi connectivity index (χ3n) is 5.35. The summed E-state index contributed by atoms with van der Waals surface area (Å²) < 4.78 is 5.49. The van der Waals surface area contributed by atoms with Crippen molar-refractivity contribution in [2.24, 2.45) is 0 Å². The van der Waals surface area contributed by atoms with Gasteiger partial charge in [0.15, 0.2) is 0 Å². The van der Waals surface area contributed by atoms with Gasteiger partial charge in [-0.3, -0.25) is 0 Å². The molecule has 0 aromatic carbocycles. The number of rotatable bonds is 19. The molecule has 0 amide bonds. The molecule has 0 atom stereocenters. The van der Waals surface area contributed by atoms with Gasteiger partial charge in [-0.05, 0) is 33.6 Å². The van der Waals surface area contributed by atoms with Crippen LogP contribution in [0.2, 0.25) is 0 Å². The van der Waals surface area contributed by atoms with E-state index in [4.69, 9.17) is 4.74 Å². The van der Waals surface area contributed by atoms with Crippen LogP contribution in [-0.4, -0.2) is 11.6 Å². The summed E-state index contributed by atoms with van der Waals surface area (Å²) in [4.78, 5) is 11.6. The Labute approximate surface area is 170 Å². The molecule has 2 nitrogen and oxygen atoms in total. The van der Waals surface area contributed by atoms with Gasteiger partial charge in [0.2, 0.25) is 0 Å². The van der Waals surface area contributed by atoms with Crippen molar-refractivity contribution >= 4 is 5.97 Å². The molecule has 0 aromatic rings. The Balaban J connectivity index is 3.31. The second-order valence-electron chi connectivity index (χ2n) is 8.98. The van der Waals surface area contributed by atoms with Gasteiger partial charge in [0.1, 0.15) is 5.60 Å². The Kier molecular flexibility index (Phi) is 16.8. The third kappa shape index (κ3) is 18.3. The average Bonchev–Trinajstić information content (AvgIpc) is 2.60. The molecule has 2 heteroatoms. The largest absolute Gasteiger partial charge is 0.456 e. The van der Waals surface area contributed by atoms with E-state index in [0.717, 1.165) is 12.8 Å². The molecule has 0 rings (SSSR count). The second-order valence-corrected chi connectivity index (χ2v) is 8.98. The molecular formula is C25H48O2. The van der Waals surface area contributed by atoms with Gasteiger partial charge < -0.3 is 4.74 Å². The van der Waals surface area contributed by atoms with Crippen LogP contribution in [-0.2, 0) is 9.53 Å². The van der Waals surface area contributed by atoms with Gasteiger partial charge in [0.25, 0.3) is 0 Å². The topological polar surface area (TPSA) is 26.3 Å². The fourth-order valence-electron chi connectivity index (χ4n) is 3.49. The molecule has 0 radical (unpaired) electrons. The van der Waals surface area contributed by atoms with E-state index in [-0.39, 0.29) is 11.6 Å². The van der Waals surface area contributed by atoms with Crippen molar-refractivity contribution < 1.29 is 9.53 Å². The Morgan fingerprint density at radius 2 is 1.04 bits per heavy atom. The fraction of sp³-hybridized carbons (Fsp3) is 0.880. The summed E-state index contributed by atoms with van der Waals surface area (Å²) in [5.74, 6) is -0.267. The van der Waals surface area contributed by atoms with Gasteiger partial charge >= 0.3 is 5.97 Å². The number of ether oxygens (including phenoxy) is 1. The van der Waals surface area contributed by atoms with Gasteiger partial charge in [-0.25, -0.2) is 4.79 Å². The molecule has 0 fully saturated rings. The van der Waals surface area contributed by atoms with Crippen molar-refractivity contribution in [3.63, 3.8) is 0 Å². The predicted octanol–water partition coefficient (Wildman–Crippen LogP) is 8.54.